The molecule has 3 aromatic rings. The summed E-state index contributed by atoms with van der Waals surface area (Å²) in [6, 6.07) is 14.9. The Morgan fingerprint density at radius 3 is 2.34 bits per heavy atom. The third-order valence-electron chi connectivity index (χ3n) is 7.56. The smallest absolute Gasteiger partial charge is 0.431 e. The Bertz CT molecular complexity index is 1320. The van der Waals surface area contributed by atoms with Crippen LogP contribution in [0.1, 0.15) is 35.5 Å². The molecule has 9 nitrogen and oxygen atoms in total. The Morgan fingerprint density at radius 2 is 1.71 bits per heavy atom. The molecule has 2 fully saturated rings. The van der Waals surface area contributed by atoms with Gasteiger partial charge in [-0.1, -0.05) is 24.6 Å². The van der Waals surface area contributed by atoms with Gasteiger partial charge >= 0.3 is 6.18 Å². The first-order chi connectivity index (χ1) is 19.2. The van der Waals surface area contributed by atoms with Gasteiger partial charge in [0, 0.05) is 62.8 Å². The van der Waals surface area contributed by atoms with Crippen LogP contribution in [0.4, 0.5) is 24.5 Å². The predicted octanol–water partition coefficient (Wildman–Crippen LogP) is 4.50. The summed E-state index contributed by atoms with van der Waals surface area (Å²) in [7, 11) is 1.67. The largest absolute Gasteiger partial charge is 0.452 e. The molecule has 1 saturated heterocycles. The number of benzene rings is 2. The lowest BCUT2D eigenvalue weighted by atomic mass is 9.95. The number of hydrogen-bond acceptors (Lipinski definition) is 6. The zero-order valence-electron chi connectivity index (χ0n) is 22.6. The van der Waals surface area contributed by atoms with Crippen LogP contribution < -0.4 is 10.2 Å². The Kier molecular flexibility index (Phi) is 9.34. The predicted molar refractivity (Wildman–Crippen MR) is 146 cm³/mol. The van der Waals surface area contributed by atoms with E-state index in [1.54, 1.807) is 61.7 Å². The SMILES string of the molecule is COC[C@H]1CCCC1C(=O)N1CCN(c2ccc(NC(=O)c3nc(-c4ccccc4)oc3C(F)(F)F)cc2)CC1.O. The van der Waals surface area contributed by atoms with Crippen molar-refractivity contribution < 1.29 is 37.4 Å². The van der Waals surface area contributed by atoms with Crippen molar-refractivity contribution in [2.75, 3.05) is 50.1 Å². The van der Waals surface area contributed by atoms with Gasteiger partial charge in [0.05, 0.1) is 0 Å². The quantitative estimate of drug-likeness (QED) is 0.444. The molecule has 1 saturated carbocycles. The molecule has 0 spiro atoms. The number of anilines is 2. The molecule has 2 aliphatic rings. The Balaban J connectivity index is 0.00000387. The van der Waals surface area contributed by atoms with Crippen molar-refractivity contribution in [2.45, 2.75) is 25.4 Å². The van der Waals surface area contributed by atoms with Crippen molar-refractivity contribution >= 4 is 23.2 Å². The monoisotopic (exact) mass is 574 g/mol. The van der Waals surface area contributed by atoms with Gasteiger partial charge in [-0.05, 0) is 55.2 Å². The van der Waals surface area contributed by atoms with Gasteiger partial charge < -0.3 is 29.7 Å². The fourth-order valence-corrected chi connectivity index (χ4v) is 5.51. The summed E-state index contributed by atoms with van der Waals surface area (Å²) in [5, 5.41) is 2.49. The summed E-state index contributed by atoms with van der Waals surface area (Å²) in [5.41, 5.74) is 0.722. The zero-order chi connectivity index (χ0) is 28.3. The number of nitrogens with one attached hydrogen (secondary N) is 1. The standard InChI is InChI=1S/C29H31F3N4O4.H2O/c1-39-18-20-8-5-9-23(20)28(38)36-16-14-35(15-17-36)22-12-10-21(11-13-22)33-26(37)24-25(29(30,31)32)40-27(34-24)19-6-3-2-4-7-19;/h2-4,6-7,10-13,20,23H,5,8-9,14-18H2,1H3,(H,33,37);1H2/t20-,23?;/m1./s1. The van der Waals surface area contributed by atoms with Crippen molar-refractivity contribution in [3.63, 3.8) is 0 Å². The minimum Gasteiger partial charge on any atom is -0.431 e. The molecular formula is C29H33F3N4O5. The first kappa shape index (κ1) is 30.1. The fraction of sp³-hybridized carbons (Fsp3) is 0.414. The van der Waals surface area contributed by atoms with Crippen molar-refractivity contribution in [3.8, 4) is 11.5 Å². The second kappa shape index (κ2) is 12.7. The lowest BCUT2D eigenvalue weighted by Gasteiger charge is -2.38. The minimum absolute atomic E-state index is 0. The van der Waals surface area contributed by atoms with E-state index in [-0.39, 0.29) is 29.1 Å². The topological polar surface area (TPSA) is 119 Å². The molecule has 0 bridgehead atoms. The number of rotatable bonds is 7. The number of oxazole rings is 1. The van der Waals surface area contributed by atoms with Gasteiger partial charge in [-0.15, -0.1) is 0 Å². The molecule has 1 aliphatic heterocycles. The van der Waals surface area contributed by atoms with Crippen LogP contribution in [0.5, 0.6) is 0 Å². The number of amides is 2. The highest BCUT2D eigenvalue weighted by Gasteiger charge is 2.42. The second-order valence-electron chi connectivity index (χ2n) is 10.1. The third-order valence-corrected chi connectivity index (χ3v) is 7.56. The molecule has 2 aromatic carbocycles. The molecule has 1 aromatic heterocycles. The number of hydrogen-bond donors (Lipinski definition) is 1. The number of methoxy groups -OCH3 is 1. The Hall–Kier alpha value is -3.90. The molecule has 1 aliphatic carbocycles. The Morgan fingerprint density at radius 1 is 1.02 bits per heavy atom. The van der Waals surface area contributed by atoms with Crippen molar-refractivity contribution in [3.05, 3.63) is 66.1 Å². The molecular weight excluding hydrogens is 541 g/mol. The summed E-state index contributed by atoms with van der Waals surface area (Å²) in [5.74, 6) is -2.23. The van der Waals surface area contributed by atoms with E-state index in [0.717, 1.165) is 24.9 Å². The third kappa shape index (κ3) is 6.71. The number of halogens is 3. The second-order valence-corrected chi connectivity index (χ2v) is 10.1. The molecule has 12 heteroatoms. The molecule has 0 radical (unpaired) electrons. The number of ether oxygens (including phenoxy) is 1. The van der Waals surface area contributed by atoms with Crippen LogP contribution in [0, 0.1) is 11.8 Å². The van der Waals surface area contributed by atoms with Crippen LogP contribution in [-0.2, 0) is 15.7 Å². The van der Waals surface area contributed by atoms with E-state index in [9.17, 15) is 22.8 Å². The van der Waals surface area contributed by atoms with Crippen molar-refractivity contribution in [1.82, 2.24) is 9.88 Å². The van der Waals surface area contributed by atoms with Crippen LogP contribution >= 0.6 is 0 Å². The van der Waals surface area contributed by atoms with E-state index in [0.29, 0.717) is 44.0 Å². The maximum Gasteiger partial charge on any atom is 0.452 e. The molecule has 3 N–H and O–H groups in total. The number of carbonyl (C=O) groups excluding carboxylic acids is 2. The van der Waals surface area contributed by atoms with Gasteiger partial charge in [-0.3, -0.25) is 9.59 Å². The number of alkyl halides is 3. The summed E-state index contributed by atoms with van der Waals surface area (Å²) < 4.78 is 51.1. The number of aromatic nitrogens is 1. The lowest BCUT2D eigenvalue weighted by molar-refractivity contribution is -0.153. The highest BCUT2D eigenvalue weighted by Crippen LogP contribution is 2.36. The number of piperazine rings is 1. The van der Waals surface area contributed by atoms with Gasteiger partial charge in [0.1, 0.15) is 0 Å². The molecule has 41 heavy (non-hydrogen) atoms. The van der Waals surface area contributed by atoms with Crippen LogP contribution in [0.15, 0.2) is 59.0 Å². The maximum absolute atomic E-state index is 13.6. The average Bonchev–Trinajstić information content (AvgIpc) is 3.62. The van der Waals surface area contributed by atoms with Crippen LogP contribution in [0.3, 0.4) is 0 Å². The van der Waals surface area contributed by atoms with E-state index in [1.807, 2.05) is 4.90 Å². The zero-order valence-corrected chi connectivity index (χ0v) is 22.6. The molecule has 220 valence electrons. The number of carbonyl (C=O) groups is 2. The fourth-order valence-electron chi connectivity index (χ4n) is 5.51. The summed E-state index contributed by atoms with van der Waals surface area (Å²) >= 11 is 0. The Labute approximate surface area is 235 Å². The van der Waals surface area contributed by atoms with Gasteiger partial charge in [-0.2, -0.15) is 13.2 Å². The highest BCUT2D eigenvalue weighted by atomic mass is 19.4. The lowest BCUT2D eigenvalue weighted by Crippen LogP contribution is -2.51. The number of nitrogens with zero attached hydrogens (tertiary/aromatic N) is 3. The van der Waals surface area contributed by atoms with E-state index in [1.165, 1.54) is 0 Å². The van der Waals surface area contributed by atoms with Crippen molar-refractivity contribution in [1.29, 1.82) is 0 Å². The van der Waals surface area contributed by atoms with Gasteiger partial charge in [0.25, 0.3) is 5.91 Å². The van der Waals surface area contributed by atoms with Crippen molar-refractivity contribution in [2.24, 2.45) is 11.8 Å². The van der Waals surface area contributed by atoms with Gasteiger partial charge in [0.2, 0.25) is 17.6 Å². The van der Waals surface area contributed by atoms with E-state index < -0.39 is 23.5 Å². The average molecular weight is 575 g/mol. The molecule has 2 atom stereocenters. The first-order valence-electron chi connectivity index (χ1n) is 13.3. The van der Waals surface area contributed by atoms with Crippen LogP contribution in [0.25, 0.3) is 11.5 Å². The maximum atomic E-state index is 13.6. The first-order valence-corrected chi connectivity index (χ1v) is 13.3. The molecule has 5 rings (SSSR count). The van der Waals surface area contributed by atoms with E-state index in [2.05, 4.69) is 15.2 Å². The summed E-state index contributed by atoms with van der Waals surface area (Å²) in [6.07, 6.45) is -1.90. The molecule has 2 amide bonds. The normalized spacial score (nSPS) is 19.1. The summed E-state index contributed by atoms with van der Waals surface area (Å²) in [6.45, 7) is 3.17. The van der Waals surface area contributed by atoms with Gasteiger partial charge in [-0.25, -0.2) is 4.98 Å². The van der Waals surface area contributed by atoms with Gasteiger partial charge in [0.15, 0.2) is 5.69 Å². The summed E-state index contributed by atoms with van der Waals surface area (Å²) in [4.78, 5) is 33.8. The molecule has 1 unspecified atom stereocenters. The van der Waals surface area contributed by atoms with E-state index >= 15 is 0 Å². The van der Waals surface area contributed by atoms with Crippen LogP contribution in [-0.4, -0.2) is 67.1 Å². The van der Waals surface area contributed by atoms with Crippen LogP contribution in [0.2, 0.25) is 0 Å². The minimum atomic E-state index is -4.89. The highest BCUT2D eigenvalue weighted by molar-refractivity contribution is 6.04. The van der Waals surface area contributed by atoms with E-state index in [4.69, 9.17) is 9.15 Å². The molecule has 2 heterocycles.